The monoisotopic (exact) mass is 276 g/mol. The lowest BCUT2D eigenvalue weighted by Gasteiger charge is -2.09. The first kappa shape index (κ1) is 13.6. The summed E-state index contributed by atoms with van der Waals surface area (Å²) >= 11 is 1.39. The van der Waals surface area contributed by atoms with E-state index in [1.54, 1.807) is 6.33 Å². The van der Waals surface area contributed by atoms with Gasteiger partial charge in [0.1, 0.15) is 6.33 Å². The van der Waals surface area contributed by atoms with Crippen LogP contribution in [-0.2, 0) is 4.79 Å². The molecule has 0 radical (unpaired) electrons. The van der Waals surface area contributed by atoms with E-state index in [0.29, 0.717) is 5.75 Å². The summed E-state index contributed by atoms with van der Waals surface area (Å²) < 4.78 is 1.94. The van der Waals surface area contributed by atoms with E-state index in [2.05, 4.69) is 29.4 Å². The second-order valence-corrected chi connectivity index (χ2v) is 5.26. The zero-order valence-corrected chi connectivity index (χ0v) is 11.7. The summed E-state index contributed by atoms with van der Waals surface area (Å²) in [4.78, 5) is 11.8. The second-order valence-electron chi connectivity index (χ2n) is 4.32. The third-order valence-corrected chi connectivity index (χ3v) is 3.44. The maximum absolute atomic E-state index is 11.8. The number of carbonyl (C=O) groups excluding carboxylic acids is 1. The highest BCUT2D eigenvalue weighted by molar-refractivity contribution is 7.99. The van der Waals surface area contributed by atoms with Crippen molar-refractivity contribution in [2.45, 2.75) is 25.0 Å². The van der Waals surface area contributed by atoms with Crippen molar-refractivity contribution < 1.29 is 4.79 Å². The number of rotatable bonds is 5. The predicted octanol–water partition coefficient (Wildman–Crippen LogP) is 2.59. The van der Waals surface area contributed by atoms with Crippen molar-refractivity contribution in [1.29, 1.82) is 0 Å². The van der Waals surface area contributed by atoms with Crippen LogP contribution in [0, 0.1) is 0 Å². The summed E-state index contributed by atoms with van der Waals surface area (Å²) in [5.41, 5.74) is 0.804. The van der Waals surface area contributed by atoms with E-state index in [1.165, 1.54) is 11.8 Å². The van der Waals surface area contributed by atoms with Crippen LogP contribution in [0.3, 0.4) is 0 Å². The van der Waals surface area contributed by atoms with Gasteiger partial charge in [-0.3, -0.25) is 4.79 Å². The van der Waals surface area contributed by atoms with Crippen LogP contribution in [0.2, 0.25) is 0 Å². The minimum absolute atomic E-state index is 0.0468. The number of hydrogen-bond donors (Lipinski definition) is 1. The van der Waals surface area contributed by atoms with Gasteiger partial charge in [-0.1, -0.05) is 30.0 Å². The van der Waals surface area contributed by atoms with E-state index in [4.69, 9.17) is 0 Å². The van der Waals surface area contributed by atoms with Crippen LogP contribution in [-0.4, -0.2) is 26.4 Å². The second kappa shape index (κ2) is 6.38. The van der Waals surface area contributed by atoms with Gasteiger partial charge in [0.05, 0.1) is 5.75 Å². The van der Waals surface area contributed by atoms with E-state index < -0.39 is 0 Å². The highest BCUT2D eigenvalue weighted by Crippen LogP contribution is 2.18. The van der Waals surface area contributed by atoms with Gasteiger partial charge in [0.2, 0.25) is 5.91 Å². The predicted molar refractivity (Wildman–Crippen MR) is 76.2 cm³/mol. The molecule has 2 rings (SSSR count). The van der Waals surface area contributed by atoms with Crippen molar-refractivity contribution in [2.24, 2.45) is 0 Å². The smallest absolute Gasteiger partial charge is 0.234 e. The van der Waals surface area contributed by atoms with E-state index in [-0.39, 0.29) is 11.9 Å². The Morgan fingerprint density at radius 1 is 1.37 bits per heavy atom. The topological polar surface area (TPSA) is 59.8 Å². The Kier molecular flexibility index (Phi) is 4.57. The minimum atomic E-state index is -0.0468. The maximum Gasteiger partial charge on any atom is 0.234 e. The van der Waals surface area contributed by atoms with Crippen molar-refractivity contribution in [3.8, 4) is 0 Å². The molecule has 5 nitrogen and oxygen atoms in total. The molecule has 0 saturated carbocycles. The van der Waals surface area contributed by atoms with E-state index in [0.717, 1.165) is 10.8 Å². The molecule has 0 saturated heterocycles. The molecular formula is C13H16N4OS. The SMILES string of the molecule is CC(C)n1cnnc1SCC(=O)Nc1ccccc1. The van der Waals surface area contributed by atoms with Gasteiger partial charge >= 0.3 is 0 Å². The molecule has 1 N–H and O–H groups in total. The fraction of sp³-hybridized carbons (Fsp3) is 0.308. The number of anilines is 1. The summed E-state index contributed by atoms with van der Waals surface area (Å²) in [6, 6.07) is 9.69. The molecule has 0 unspecified atom stereocenters. The molecule has 1 aromatic heterocycles. The van der Waals surface area contributed by atoms with Crippen molar-refractivity contribution in [2.75, 3.05) is 11.1 Å². The van der Waals surface area contributed by atoms with Gasteiger partial charge in [0.25, 0.3) is 0 Å². The number of carbonyl (C=O) groups is 1. The molecule has 19 heavy (non-hydrogen) atoms. The van der Waals surface area contributed by atoms with Crippen LogP contribution in [0.25, 0.3) is 0 Å². The average Bonchev–Trinajstić information content (AvgIpc) is 2.86. The molecule has 0 aliphatic heterocycles. The molecule has 2 aromatic rings. The Balaban J connectivity index is 1.88. The molecule has 6 heteroatoms. The van der Waals surface area contributed by atoms with E-state index >= 15 is 0 Å². The Bertz CT molecular complexity index is 539. The van der Waals surface area contributed by atoms with Gasteiger partial charge < -0.3 is 9.88 Å². The van der Waals surface area contributed by atoms with Gasteiger partial charge in [-0.25, -0.2) is 0 Å². The highest BCUT2D eigenvalue weighted by atomic mass is 32.2. The molecule has 0 aliphatic carbocycles. The molecule has 0 spiro atoms. The van der Waals surface area contributed by atoms with Gasteiger partial charge in [-0.15, -0.1) is 10.2 Å². The average molecular weight is 276 g/mol. The molecule has 0 bridgehead atoms. The fourth-order valence-electron chi connectivity index (χ4n) is 1.54. The van der Waals surface area contributed by atoms with Crippen LogP contribution in [0.15, 0.2) is 41.8 Å². The fourth-order valence-corrected chi connectivity index (χ4v) is 2.38. The minimum Gasteiger partial charge on any atom is -0.325 e. The van der Waals surface area contributed by atoms with E-state index in [1.807, 2.05) is 34.9 Å². The van der Waals surface area contributed by atoms with Gasteiger partial charge in [-0.2, -0.15) is 0 Å². The standard InChI is InChI=1S/C13H16N4OS/c1-10(2)17-9-14-16-13(17)19-8-12(18)15-11-6-4-3-5-7-11/h3-7,9-10H,8H2,1-2H3,(H,15,18). The first-order chi connectivity index (χ1) is 9.16. The van der Waals surface area contributed by atoms with Crippen LogP contribution in [0.5, 0.6) is 0 Å². The van der Waals surface area contributed by atoms with Gasteiger partial charge in [-0.05, 0) is 26.0 Å². The number of nitrogens with zero attached hydrogens (tertiary/aromatic N) is 3. The van der Waals surface area contributed by atoms with Crippen molar-refractivity contribution in [1.82, 2.24) is 14.8 Å². The lowest BCUT2D eigenvalue weighted by atomic mass is 10.3. The number of para-hydroxylation sites is 1. The third kappa shape index (κ3) is 3.82. The molecule has 1 heterocycles. The van der Waals surface area contributed by atoms with Crippen LogP contribution >= 0.6 is 11.8 Å². The zero-order chi connectivity index (χ0) is 13.7. The van der Waals surface area contributed by atoms with E-state index in [9.17, 15) is 4.79 Å². The molecule has 0 atom stereocenters. The summed E-state index contributed by atoms with van der Waals surface area (Å²) in [5, 5.41) is 11.5. The number of hydrogen-bond acceptors (Lipinski definition) is 4. The Morgan fingerprint density at radius 3 is 2.79 bits per heavy atom. The first-order valence-electron chi connectivity index (χ1n) is 6.04. The van der Waals surface area contributed by atoms with Crippen LogP contribution in [0.1, 0.15) is 19.9 Å². The lowest BCUT2D eigenvalue weighted by Crippen LogP contribution is -2.14. The first-order valence-corrected chi connectivity index (χ1v) is 7.02. The molecule has 0 aliphatic rings. The summed E-state index contributed by atoms with van der Waals surface area (Å²) in [6.45, 7) is 4.11. The normalized spacial score (nSPS) is 10.7. The number of benzene rings is 1. The largest absolute Gasteiger partial charge is 0.325 e. The number of amides is 1. The summed E-state index contributed by atoms with van der Waals surface area (Å²) in [5.74, 6) is 0.273. The molecule has 0 fully saturated rings. The quantitative estimate of drug-likeness (QED) is 0.853. The van der Waals surface area contributed by atoms with Crippen molar-refractivity contribution in [3.63, 3.8) is 0 Å². The number of aromatic nitrogens is 3. The third-order valence-electron chi connectivity index (χ3n) is 2.49. The lowest BCUT2D eigenvalue weighted by molar-refractivity contribution is -0.113. The molecular weight excluding hydrogens is 260 g/mol. The Labute approximate surface area is 116 Å². The molecule has 1 amide bonds. The molecule has 100 valence electrons. The van der Waals surface area contributed by atoms with Crippen molar-refractivity contribution in [3.05, 3.63) is 36.7 Å². The zero-order valence-electron chi connectivity index (χ0n) is 10.9. The Hall–Kier alpha value is -1.82. The number of thioether (sulfide) groups is 1. The van der Waals surface area contributed by atoms with Gasteiger partial charge in [0, 0.05) is 11.7 Å². The highest BCUT2D eigenvalue weighted by Gasteiger charge is 2.10. The maximum atomic E-state index is 11.8. The van der Waals surface area contributed by atoms with Crippen LogP contribution < -0.4 is 5.32 Å². The number of nitrogens with one attached hydrogen (secondary N) is 1. The summed E-state index contributed by atoms with van der Waals surface area (Å²) in [7, 11) is 0. The van der Waals surface area contributed by atoms with Gasteiger partial charge in [0.15, 0.2) is 5.16 Å². The Morgan fingerprint density at radius 2 is 2.11 bits per heavy atom. The van der Waals surface area contributed by atoms with Crippen LogP contribution in [0.4, 0.5) is 5.69 Å². The summed E-state index contributed by atoms with van der Waals surface area (Å²) in [6.07, 6.45) is 1.68. The molecule has 1 aromatic carbocycles. The van der Waals surface area contributed by atoms with Crippen molar-refractivity contribution >= 4 is 23.4 Å².